The molecule has 0 saturated heterocycles. The predicted molar refractivity (Wildman–Crippen MR) is 204 cm³/mol. The third-order valence-electron chi connectivity index (χ3n) is 14.6. The molecule has 0 radical (unpaired) electrons. The van der Waals surface area contributed by atoms with E-state index in [1.54, 1.807) is 5.57 Å². The largest absolute Gasteiger partial charge is 0.481 e. The fourth-order valence-corrected chi connectivity index (χ4v) is 11.7. The van der Waals surface area contributed by atoms with Gasteiger partial charge in [0.2, 0.25) is 0 Å². The number of rotatable bonds is 23. The quantitative estimate of drug-likeness (QED) is 0.0662. The van der Waals surface area contributed by atoms with Gasteiger partial charge in [-0.25, -0.2) is 0 Å². The molecule has 0 heterocycles. The van der Waals surface area contributed by atoms with Crippen LogP contribution in [0.15, 0.2) is 11.6 Å². The lowest BCUT2D eigenvalue weighted by Crippen LogP contribution is -2.51. The Hall–Kier alpha value is -1.32. The van der Waals surface area contributed by atoms with Crippen molar-refractivity contribution in [1.82, 2.24) is 0 Å². The molecule has 3 saturated carbocycles. The second-order valence-electron chi connectivity index (χ2n) is 18.5. The number of allylic oxidation sites excluding steroid dienone is 1. The SMILES string of the molecule is CC(C)CCC[C@@H](C)C1CC[C@H]2[C@@H]3CC=C4C[C@@H](OC(=O)CCCCCCCCCCCCCCCCC(=O)O)CC[C@]4(C)[C@H]3CC[C@]12C. The Bertz CT molecular complexity index is 1030. The van der Waals surface area contributed by atoms with Crippen LogP contribution < -0.4 is 0 Å². The fourth-order valence-electron chi connectivity index (χ4n) is 11.7. The van der Waals surface area contributed by atoms with Crippen LogP contribution in [0.4, 0.5) is 0 Å². The summed E-state index contributed by atoms with van der Waals surface area (Å²) in [5.74, 6) is 4.58. The van der Waals surface area contributed by atoms with Gasteiger partial charge in [0.05, 0.1) is 0 Å². The zero-order valence-corrected chi connectivity index (χ0v) is 32.9. The lowest BCUT2D eigenvalue weighted by molar-refractivity contribution is -0.151. The summed E-state index contributed by atoms with van der Waals surface area (Å²) in [5.41, 5.74) is 2.49. The molecule has 8 atom stereocenters. The molecule has 0 bridgehead atoms. The number of aliphatic carboxylic acids is 1. The molecule has 4 aliphatic rings. The van der Waals surface area contributed by atoms with E-state index in [2.05, 4.69) is 40.7 Å². The Morgan fingerprint density at radius 2 is 1.33 bits per heavy atom. The molecule has 1 unspecified atom stereocenters. The smallest absolute Gasteiger partial charge is 0.306 e. The first-order chi connectivity index (χ1) is 23.5. The third kappa shape index (κ3) is 11.6. The molecule has 1 N–H and O–H groups in total. The first kappa shape index (κ1) is 40.5. The molecule has 4 heteroatoms. The van der Waals surface area contributed by atoms with Gasteiger partial charge >= 0.3 is 11.9 Å². The van der Waals surface area contributed by atoms with Crippen LogP contribution in [0.3, 0.4) is 0 Å². The van der Waals surface area contributed by atoms with Gasteiger partial charge in [-0.15, -0.1) is 0 Å². The van der Waals surface area contributed by atoms with Gasteiger partial charge < -0.3 is 9.84 Å². The van der Waals surface area contributed by atoms with Crippen LogP contribution in [0.1, 0.15) is 208 Å². The molecule has 0 aliphatic heterocycles. The monoisotopic (exact) mass is 683 g/mol. The molecule has 0 aromatic heterocycles. The number of fused-ring (bicyclic) bond motifs is 5. The van der Waals surface area contributed by atoms with Crippen molar-refractivity contribution in [2.75, 3.05) is 0 Å². The first-order valence-corrected chi connectivity index (χ1v) is 21.7. The number of esters is 1. The second-order valence-corrected chi connectivity index (χ2v) is 18.5. The van der Waals surface area contributed by atoms with E-state index in [0.29, 0.717) is 23.7 Å². The van der Waals surface area contributed by atoms with Crippen LogP contribution >= 0.6 is 0 Å². The molecule has 4 rings (SSSR count). The highest BCUT2D eigenvalue weighted by Gasteiger charge is 2.59. The van der Waals surface area contributed by atoms with Crippen molar-refractivity contribution >= 4 is 11.9 Å². The zero-order chi connectivity index (χ0) is 35.3. The Morgan fingerprint density at radius 3 is 1.92 bits per heavy atom. The average molecular weight is 683 g/mol. The summed E-state index contributed by atoms with van der Waals surface area (Å²) in [6, 6.07) is 0. The first-order valence-electron chi connectivity index (χ1n) is 21.7. The molecule has 49 heavy (non-hydrogen) atoms. The third-order valence-corrected chi connectivity index (χ3v) is 14.6. The van der Waals surface area contributed by atoms with E-state index >= 15 is 0 Å². The molecule has 0 amide bonds. The van der Waals surface area contributed by atoms with Crippen LogP contribution in [-0.2, 0) is 14.3 Å². The molecule has 3 fully saturated rings. The molecular weight excluding hydrogens is 604 g/mol. The average Bonchev–Trinajstić information content (AvgIpc) is 3.41. The molecule has 282 valence electrons. The minimum absolute atomic E-state index is 0.0396. The van der Waals surface area contributed by atoms with Gasteiger partial charge in [0.1, 0.15) is 6.10 Å². The Morgan fingerprint density at radius 1 is 0.735 bits per heavy atom. The van der Waals surface area contributed by atoms with Gasteiger partial charge in [-0.05, 0) is 104 Å². The molecule has 0 aromatic rings. The predicted octanol–water partition coefficient (Wildman–Crippen LogP) is 13.3. The molecule has 4 nitrogen and oxygen atoms in total. The Kier molecular flexibility index (Phi) is 16.6. The maximum Gasteiger partial charge on any atom is 0.306 e. The zero-order valence-electron chi connectivity index (χ0n) is 32.9. The van der Waals surface area contributed by atoms with Crippen LogP contribution in [0.25, 0.3) is 0 Å². The van der Waals surface area contributed by atoms with Crippen LogP contribution in [0.5, 0.6) is 0 Å². The van der Waals surface area contributed by atoms with Crippen molar-refractivity contribution in [3.8, 4) is 0 Å². The highest BCUT2D eigenvalue weighted by atomic mass is 16.5. The van der Waals surface area contributed by atoms with Crippen molar-refractivity contribution in [2.45, 2.75) is 214 Å². The lowest BCUT2D eigenvalue weighted by atomic mass is 9.47. The number of ether oxygens (including phenoxy) is 1. The van der Waals surface area contributed by atoms with Crippen molar-refractivity contribution in [3.05, 3.63) is 11.6 Å². The summed E-state index contributed by atoms with van der Waals surface area (Å²) in [5, 5.41) is 8.69. The summed E-state index contributed by atoms with van der Waals surface area (Å²) >= 11 is 0. The summed E-state index contributed by atoms with van der Waals surface area (Å²) in [6.07, 6.45) is 35.0. The van der Waals surface area contributed by atoms with Crippen LogP contribution in [0, 0.1) is 46.3 Å². The Balaban J connectivity index is 1.07. The van der Waals surface area contributed by atoms with Gasteiger partial charge in [0, 0.05) is 19.3 Å². The highest BCUT2D eigenvalue weighted by Crippen LogP contribution is 2.67. The van der Waals surface area contributed by atoms with E-state index in [1.807, 2.05) is 0 Å². The minimum atomic E-state index is -0.667. The van der Waals surface area contributed by atoms with E-state index in [4.69, 9.17) is 9.84 Å². The van der Waals surface area contributed by atoms with Crippen molar-refractivity contribution in [3.63, 3.8) is 0 Å². The fraction of sp³-hybridized carbons (Fsp3) is 0.911. The van der Waals surface area contributed by atoms with E-state index < -0.39 is 5.97 Å². The number of carbonyl (C=O) groups excluding carboxylic acids is 1. The molecular formula is C45H78O4. The maximum absolute atomic E-state index is 12.8. The standard InChI is InChI=1S/C45H78O4/c1-34(2)21-20-22-35(3)39-27-28-40-38-26-25-36-33-37(29-31-44(36,4)41(38)30-32-45(39,40)5)49-43(48)24-19-17-15-13-11-9-7-6-8-10-12-14-16-18-23-42(46)47/h25,34-35,37-41H,6-24,26-33H2,1-5H3,(H,46,47)/t35-,37+,38+,39?,40+,41+,44+,45-/m1/s1. The number of carboxylic acids is 1. The van der Waals surface area contributed by atoms with Crippen molar-refractivity contribution in [1.29, 1.82) is 0 Å². The molecule has 4 aliphatic carbocycles. The molecule has 0 spiro atoms. The van der Waals surface area contributed by atoms with Crippen LogP contribution in [0.2, 0.25) is 0 Å². The number of carboxylic acid groups (broad SMARTS) is 1. The van der Waals surface area contributed by atoms with E-state index in [-0.39, 0.29) is 12.1 Å². The summed E-state index contributed by atoms with van der Waals surface area (Å²) in [6.45, 7) is 12.6. The van der Waals surface area contributed by atoms with Gasteiger partial charge in [-0.1, -0.05) is 143 Å². The minimum Gasteiger partial charge on any atom is -0.481 e. The summed E-state index contributed by atoms with van der Waals surface area (Å²) < 4.78 is 6.12. The summed E-state index contributed by atoms with van der Waals surface area (Å²) in [7, 11) is 0. The van der Waals surface area contributed by atoms with E-state index in [9.17, 15) is 9.59 Å². The topological polar surface area (TPSA) is 63.6 Å². The van der Waals surface area contributed by atoms with Gasteiger partial charge in [0.15, 0.2) is 0 Å². The van der Waals surface area contributed by atoms with E-state index in [0.717, 1.165) is 74.0 Å². The van der Waals surface area contributed by atoms with E-state index in [1.165, 1.54) is 122 Å². The highest BCUT2D eigenvalue weighted by molar-refractivity contribution is 5.69. The number of unbranched alkanes of at least 4 members (excludes halogenated alkanes) is 13. The summed E-state index contributed by atoms with van der Waals surface area (Å²) in [4.78, 5) is 23.4. The van der Waals surface area contributed by atoms with Crippen molar-refractivity contribution < 1.29 is 19.4 Å². The second kappa shape index (κ2) is 20.1. The Labute approximate surface area is 302 Å². The number of hydrogen-bond donors (Lipinski definition) is 1. The van der Waals surface area contributed by atoms with Gasteiger partial charge in [-0.2, -0.15) is 0 Å². The van der Waals surface area contributed by atoms with Gasteiger partial charge in [-0.3, -0.25) is 9.59 Å². The number of hydrogen-bond acceptors (Lipinski definition) is 3. The molecule has 0 aromatic carbocycles. The van der Waals surface area contributed by atoms with Gasteiger partial charge in [0.25, 0.3) is 0 Å². The normalized spacial score (nSPS) is 31.5. The van der Waals surface area contributed by atoms with Crippen molar-refractivity contribution in [2.24, 2.45) is 46.3 Å². The van der Waals surface area contributed by atoms with Crippen LogP contribution in [-0.4, -0.2) is 23.1 Å². The number of carbonyl (C=O) groups is 2. The lowest BCUT2D eigenvalue weighted by Gasteiger charge is -2.58. The maximum atomic E-state index is 12.8.